The first-order valence-corrected chi connectivity index (χ1v) is 7.24. The van der Waals surface area contributed by atoms with Crippen LogP contribution in [0.2, 0.25) is 0 Å². The lowest BCUT2D eigenvalue weighted by atomic mass is 10.1. The maximum atomic E-state index is 5.60. The van der Waals surface area contributed by atoms with Gasteiger partial charge in [0.2, 0.25) is 0 Å². The third-order valence-corrected chi connectivity index (χ3v) is 3.75. The van der Waals surface area contributed by atoms with Crippen molar-refractivity contribution in [2.24, 2.45) is 0 Å². The molecule has 19 heavy (non-hydrogen) atoms. The third kappa shape index (κ3) is 3.39. The van der Waals surface area contributed by atoms with Gasteiger partial charge in [0.15, 0.2) is 11.5 Å². The van der Waals surface area contributed by atoms with Crippen molar-refractivity contribution in [2.75, 3.05) is 32.8 Å². The van der Waals surface area contributed by atoms with E-state index in [-0.39, 0.29) is 0 Å². The smallest absolute Gasteiger partial charge is 0.161 e. The highest BCUT2D eigenvalue weighted by atomic mass is 16.6. The maximum Gasteiger partial charge on any atom is 0.161 e. The fourth-order valence-corrected chi connectivity index (χ4v) is 2.69. The number of hydrogen-bond donors (Lipinski definition) is 2. The predicted octanol–water partition coefficient (Wildman–Crippen LogP) is 1.34. The van der Waals surface area contributed by atoms with Crippen molar-refractivity contribution in [3.63, 3.8) is 0 Å². The molecule has 1 aromatic rings. The van der Waals surface area contributed by atoms with E-state index in [0.717, 1.165) is 31.0 Å². The largest absolute Gasteiger partial charge is 0.486 e. The Morgan fingerprint density at radius 2 is 2.11 bits per heavy atom. The summed E-state index contributed by atoms with van der Waals surface area (Å²) in [6.07, 6.45) is 3.60. The highest BCUT2D eigenvalue weighted by Crippen LogP contribution is 2.30. The molecule has 1 aromatic carbocycles. The van der Waals surface area contributed by atoms with Crippen LogP contribution in [0.3, 0.4) is 0 Å². The first-order valence-electron chi connectivity index (χ1n) is 7.24. The maximum absolute atomic E-state index is 5.60. The number of ether oxygens (including phenoxy) is 2. The van der Waals surface area contributed by atoms with E-state index in [1.807, 2.05) is 6.07 Å². The van der Waals surface area contributed by atoms with E-state index < -0.39 is 0 Å². The molecule has 0 bridgehead atoms. The van der Waals surface area contributed by atoms with Crippen LogP contribution < -0.4 is 20.1 Å². The van der Waals surface area contributed by atoms with Crippen molar-refractivity contribution in [1.82, 2.24) is 10.6 Å². The number of rotatable bonds is 4. The van der Waals surface area contributed by atoms with Crippen LogP contribution in [0.1, 0.15) is 18.4 Å². The zero-order valence-corrected chi connectivity index (χ0v) is 11.3. The van der Waals surface area contributed by atoms with E-state index >= 15 is 0 Å². The first-order chi connectivity index (χ1) is 9.42. The molecule has 2 aliphatic heterocycles. The molecular weight excluding hydrogens is 240 g/mol. The molecule has 2 heterocycles. The van der Waals surface area contributed by atoms with Crippen LogP contribution >= 0.6 is 0 Å². The molecule has 4 nitrogen and oxygen atoms in total. The first kappa shape index (κ1) is 12.8. The fraction of sp³-hybridized carbons (Fsp3) is 0.600. The Kier molecular flexibility index (Phi) is 4.20. The molecule has 0 saturated carbocycles. The number of benzene rings is 1. The summed E-state index contributed by atoms with van der Waals surface area (Å²) in [4.78, 5) is 0. The average Bonchev–Trinajstić information content (AvgIpc) is 2.48. The van der Waals surface area contributed by atoms with Crippen LogP contribution in [-0.4, -0.2) is 38.9 Å². The average molecular weight is 262 g/mol. The molecule has 0 aromatic heterocycles. The molecule has 0 amide bonds. The molecule has 2 aliphatic rings. The van der Waals surface area contributed by atoms with Crippen LogP contribution in [-0.2, 0) is 6.42 Å². The Morgan fingerprint density at radius 1 is 1.21 bits per heavy atom. The lowest BCUT2D eigenvalue weighted by Crippen LogP contribution is -2.43. The Hall–Kier alpha value is -1.26. The summed E-state index contributed by atoms with van der Waals surface area (Å²) in [6.45, 7) is 4.60. The summed E-state index contributed by atoms with van der Waals surface area (Å²) >= 11 is 0. The van der Waals surface area contributed by atoms with Crippen LogP contribution in [0.15, 0.2) is 18.2 Å². The number of nitrogens with one attached hydrogen (secondary N) is 2. The Labute approximate surface area is 114 Å². The molecule has 1 fully saturated rings. The number of fused-ring (bicyclic) bond motifs is 1. The van der Waals surface area contributed by atoms with E-state index in [1.165, 1.54) is 24.9 Å². The van der Waals surface area contributed by atoms with E-state index in [2.05, 4.69) is 22.8 Å². The summed E-state index contributed by atoms with van der Waals surface area (Å²) in [5.41, 5.74) is 1.31. The van der Waals surface area contributed by atoms with Gasteiger partial charge in [-0.25, -0.2) is 0 Å². The quantitative estimate of drug-likeness (QED) is 0.859. The SMILES string of the molecule is c1cc2c(cc1CCNC1CCCNC1)OCCO2. The Morgan fingerprint density at radius 3 is 2.95 bits per heavy atom. The Bertz CT molecular complexity index is 417. The molecule has 1 saturated heterocycles. The molecule has 4 heteroatoms. The van der Waals surface area contributed by atoms with Crippen LogP contribution in [0, 0.1) is 0 Å². The van der Waals surface area contributed by atoms with Gasteiger partial charge in [-0.2, -0.15) is 0 Å². The normalized spacial score (nSPS) is 22.2. The molecule has 0 radical (unpaired) electrons. The van der Waals surface area contributed by atoms with Crippen LogP contribution in [0.4, 0.5) is 0 Å². The van der Waals surface area contributed by atoms with Crippen molar-refractivity contribution in [3.8, 4) is 11.5 Å². The molecule has 0 spiro atoms. The summed E-state index contributed by atoms with van der Waals surface area (Å²) in [5, 5.41) is 7.04. The zero-order valence-electron chi connectivity index (χ0n) is 11.3. The second kappa shape index (κ2) is 6.26. The summed E-state index contributed by atoms with van der Waals surface area (Å²) in [5.74, 6) is 1.77. The van der Waals surface area contributed by atoms with Gasteiger partial charge in [-0.05, 0) is 50.0 Å². The zero-order chi connectivity index (χ0) is 12.9. The van der Waals surface area contributed by atoms with E-state index in [0.29, 0.717) is 19.3 Å². The topological polar surface area (TPSA) is 42.5 Å². The second-order valence-electron chi connectivity index (χ2n) is 5.23. The van der Waals surface area contributed by atoms with Crippen LogP contribution in [0.5, 0.6) is 11.5 Å². The molecule has 0 aliphatic carbocycles. The minimum atomic E-state index is 0.631. The fourth-order valence-electron chi connectivity index (χ4n) is 2.69. The van der Waals surface area contributed by atoms with E-state index in [1.54, 1.807) is 0 Å². The van der Waals surface area contributed by atoms with Crippen LogP contribution in [0.25, 0.3) is 0 Å². The van der Waals surface area contributed by atoms with Gasteiger partial charge in [0.25, 0.3) is 0 Å². The number of hydrogen-bond acceptors (Lipinski definition) is 4. The van der Waals surface area contributed by atoms with Crippen molar-refractivity contribution in [2.45, 2.75) is 25.3 Å². The third-order valence-electron chi connectivity index (χ3n) is 3.75. The molecule has 1 atom stereocenters. The van der Waals surface area contributed by atoms with Gasteiger partial charge in [-0.15, -0.1) is 0 Å². The summed E-state index contributed by atoms with van der Waals surface area (Å²) in [6, 6.07) is 6.89. The van der Waals surface area contributed by atoms with Crippen molar-refractivity contribution < 1.29 is 9.47 Å². The summed E-state index contributed by atoms with van der Waals surface area (Å²) in [7, 11) is 0. The van der Waals surface area contributed by atoms with E-state index in [9.17, 15) is 0 Å². The summed E-state index contributed by atoms with van der Waals surface area (Å²) < 4.78 is 11.1. The van der Waals surface area contributed by atoms with Gasteiger partial charge < -0.3 is 20.1 Å². The van der Waals surface area contributed by atoms with Gasteiger partial charge in [0, 0.05) is 12.6 Å². The van der Waals surface area contributed by atoms with Crippen molar-refractivity contribution >= 4 is 0 Å². The lowest BCUT2D eigenvalue weighted by molar-refractivity contribution is 0.171. The minimum absolute atomic E-state index is 0.631. The highest BCUT2D eigenvalue weighted by molar-refractivity contribution is 5.43. The molecule has 2 N–H and O–H groups in total. The molecule has 1 unspecified atom stereocenters. The minimum Gasteiger partial charge on any atom is -0.486 e. The molecule has 3 rings (SSSR count). The predicted molar refractivity (Wildman–Crippen MR) is 75.0 cm³/mol. The number of piperidine rings is 1. The lowest BCUT2D eigenvalue weighted by Gasteiger charge is -2.24. The standard InChI is InChI=1S/C15H22N2O2/c1-2-13(11-16-6-1)17-7-5-12-3-4-14-15(10-12)19-9-8-18-14/h3-4,10,13,16-17H,1-2,5-9,11H2. The molecular formula is C15H22N2O2. The van der Waals surface area contributed by atoms with E-state index in [4.69, 9.17) is 9.47 Å². The monoisotopic (exact) mass is 262 g/mol. The second-order valence-corrected chi connectivity index (χ2v) is 5.23. The Balaban J connectivity index is 1.49. The van der Waals surface area contributed by atoms with Gasteiger partial charge in [-0.3, -0.25) is 0 Å². The van der Waals surface area contributed by atoms with Crippen molar-refractivity contribution in [3.05, 3.63) is 23.8 Å². The van der Waals surface area contributed by atoms with Gasteiger partial charge in [0.1, 0.15) is 13.2 Å². The van der Waals surface area contributed by atoms with Gasteiger partial charge >= 0.3 is 0 Å². The van der Waals surface area contributed by atoms with Gasteiger partial charge in [0.05, 0.1) is 0 Å². The molecule has 104 valence electrons. The van der Waals surface area contributed by atoms with Gasteiger partial charge in [-0.1, -0.05) is 6.07 Å². The van der Waals surface area contributed by atoms with Crippen molar-refractivity contribution in [1.29, 1.82) is 0 Å². The highest BCUT2D eigenvalue weighted by Gasteiger charge is 2.13.